The second-order valence-electron chi connectivity index (χ2n) is 5.37. The number of pyridine rings is 1. The number of aromatic nitrogens is 2. The monoisotopic (exact) mass is 329 g/mol. The lowest BCUT2D eigenvalue weighted by atomic mass is 10.3. The Morgan fingerprint density at radius 1 is 1.12 bits per heavy atom. The Kier molecular flexibility index (Phi) is 3.63. The molecule has 0 bridgehead atoms. The molecule has 4 heterocycles. The summed E-state index contributed by atoms with van der Waals surface area (Å²) in [4.78, 5) is 21.6. The van der Waals surface area contributed by atoms with Crippen molar-refractivity contribution in [1.82, 2.24) is 14.3 Å². The Labute approximate surface area is 143 Å². The third-order valence-electron chi connectivity index (χ3n) is 3.80. The Hall–Kier alpha value is -3.67. The molecule has 6 heteroatoms. The van der Waals surface area contributed by atoms with Crippen LogP contribution in [0.15, 0.2) is 83.8 Å². The second kappa shape index (κ2) is 6.09. The zero-order valence-electron chi connectivity index (χ0n) is 13.1. The molecule has 0 aliphatic carbocycles. The highest BCUT2D eigenvalue weighted by Crippen LogP contribution is 2.20. The van der Waals surface area contributed by atoms with Crippen molar-refractivity contribution in [3.8, 4) is 5.88 Å². The highest BCUT2D eigenvalue weighted by molar-refractivity contribution is 6.15. The van der Waals surface area contributed by atoms with E-state index in [-0.39, 0.29) is 11.8 Å². The van der Waals surface area contributed by atoms with Gasteiger partial charge in [-0.05, 0) is 36.4 Å². The number of hydrogen-bond acceptors (Lipinski definition) is 4. The summed E-state index contributed by atoms with van der Waals surface area (Å²) >= 11 is 0. The van der Waals surface area contributed by atoms with Crippen molar-refractivity contribution in [2.75, 3.05) is 0 Å². The number of amides is 1. The largest absolute Gasteiger partial charge is 0.857 e. The van der Waals surface area contributed by atoms with Crippen LogP contribution in [-0.4, -0.2) is 26.0 Å². The smallest absolute Gasteiger partial charge is 0.295 e. The summed E-state index contributed by atoms with van der Waals surface area (Å²) < 4.78 is 1.73. The SMILES string of the molecule is O=C1N=C2C=CC=CN2C1=CC=CC=Cc1c([O-])nc2ccccn12. The summed E-state index contributed by atoms with van der Waals surface area (Å²) in [6, 6.07) is 5.46. The lowest BCUT2D eigenvalue weighted by Gasteiger charge is -2.15. The normalized spacial score (nSPS) is 18.2. The molecule has 0 radical (unpaired) electrons. The Balaban J connectivity index is 1.52. The van der Waals surface area contributed by atoms with Gasteiger partial charge in [0.05, 0.1) is 5.69 Å². The van der Waals surface area contributed by atoms with Crippen LogP contribution in [0.2, 0.25) is 0 Å². The highest BCUT2D eigenvalue weighted by atomic mass is 16.3. The van der Waals surface area contributed by atoms with Crippen LogP contribution in [0.3, 0.4) is 0 Å². The molecular formula is C19H13N4O2-. The van der Waals surface area contributed by atoms with Gasteiger partial charge in [0.15, 0.2) is 0 Å². The number of fused-ring (bicyclic) bond motifs is 2. The van der Waals surface area contributed by atoms with Crippen LogP contribution in [-0.2, 0) is 4.79 Å². The van der Waals surface area contributed by atoms with E-state index in [1.807, 2.05) is 24.3 Å². The van der Waals surface area contributed by atoms with Crippen molar-refractivity contribution in [2.24, 2.45) is 4.99 Å². The first kappa shape index (κ1) is 14.9. The maximum atomic E-state index is 11.9. The van der Waals surface area contributed by atoms with Crippen molar-refractivity contribution in [2.45, 2.75) is 0 Å². The van der Waals surface area contributed by atoms with Crippen molar-refractivity contribution in [1.29, 1.82) is 0 Å². The molecule has 2 aliphatic rings. The summed E-state index contributed by atoms with van der Waals surface area (Å²) in [5, 5.41) is 11.9. The molecule has 1 amide bonds. The summed E-state index contributed by atoms with van der Waals surface area (Å²) in [5.41, 5.74) is 1.59. The topological polar surface area (TPSA) is 73.0 Å². The maximum absolute atomic E-state index is 11.9. The first-order valence-electron chi connectivity index (χ1n) is 7.70. The number of amidine groups is 1. The van der Waals surface area contributed by atoms with Crippen LogP contribution in [0, 0.1) is 0 Å². The first-order valence-corrected chi connectivity index (χ1v) is 7.70. The van der Waals surface area contributed by atoms with Crippen molar-refractivity contribution >= 4 is 23.5 Å². The van der Waals surface area contributed by atoms with E-state index in [1.54, 1.807) is 64.2 Å². The van der Waals surface area contributed by atoms with E-state index in [1.165, 1.54) is 0 Å². The molecule has 0 saturated heterocycles. The van der Waals surface area contributed by atoms with Crippen LogP contribution in [0.4, 0.5) is 0 Å². The number of rotatable bonds is 3. The summed E-state index contributed by atoms with van der Waals surface area (Å²) in [6.07, 6.45) is 17.7. The van der Waals surface area contributed by atoms with E-state index in [0.29, 0.717) is 22.9 Å². The molecule has 0 N–H and O–H groups in total. The summed E-state index contributed by atoms with van der Waals surface area (Å²) in [7, 11) is 0. The summed E-state index contributed by atoms with van der Waals surface area (Å²) in [5.74, 6) is 0.0661. The average Bonchev–Trinajstić information content (AvgIpc) is 3.11. The molecule has 0 fully saturated rings. The number of nitrogens with zero attached hydrogens (tertiary/aromatic N) is 4. The van der Waals surface area contributed by atoms with Gasteiger partial charge < -0.3 is 9.51 Å². The quantitative estimate of drug-likeness (QED) is 0.639. The van der Waals surface area contributed by atoms with Crippen LogP contribution in [0.25, 0.3) is 11.7 Å². The standard InChI is InChI=1S/C19H14N4O2/c24-18-14(22-12-6-4-10-16(22)20-18)8-2-1-3-9-15-19(25)21-17-11-5-7-13-23(15)17/h1-13,24H/p-1. The lowest BCUT2D eigenvalue weighted by Crippen LogP contribution is -2.20. The van der Waals surface area contributed by atoms with Crippen LogP contribution >= 0.6 is 0 Å². The average molecular weight is 329 g/mol. The second-order valence-corrected chi connectivity index (χ2v) is 5.37. The zero-order valence-corrected chi connectivity index (χ0v) is 13.1. The third kappa shape index (κ3) is 2.70. The van der Waals surface area contributed by atoms with E-state index < -0.39 is 0 Å². The maximum Gasteiger partial charge on any atom is 0.295 e. The molecule has 2 aromatic heterocycles. The fourth-order valence-corrected chi connectivity index (χ4v) is 2.65. The fraction of sp³-hybridized carbons (Fsp3) is 0. The van der Waals surface area contributed by atoms with Gasteiger partial charge in [-0.3, -0.25) is 9.69 Å². The molecule has 25 heavy (non-hydrogen) atoms. The first-order chi connectivity index (χ1) is 12.2. The molecule has 4 rings (SSSR count). The van der Waals surface area contributed by atoms with Gasteiger partial charge in [-0.25, -0.2) is 4.98 Å². The fourth-order valence-electron chi connectivity index (χ4n) is 2.65. The predicted octanol–water partition coefficient (Wildman–Crippen LogP) is 2.19. The summed E-state index contributed by atoms with van der Waals surface area (Å²) in [6.45, 7) is 0. The number of aliphatic imine (C=N–C) groups is 1. The molecule has 0 atom stereocenters. The van der Waals surface area contributed by atoms with Gasteiger partial charge in [-0.15, -0.1) is 0 Å². The highest BCUT2D eigenvalue weighted by Gasteiger charge is 2.26. The minimum absolute atomic E-state index is 0.275. The van der Waals surface area contributed by atoms with Crippen LogP contribution in [0.1, 0.15) is 5.69 Å². The van der Waals surface area contributed by atoms with Gasteiger partial charge in [0, 0.05) is 18.3 Å². The van der Waals surface area contributed by atoms with Crippen LogP contribution < -0.4 is 5.11 Å². The molecule has 0 unspecified atom stereocenters. The van der Waals surface area contributed by atoms with Crippen molar-refractivity contribution in [3.63, 3.8) is 0 Å². The van der Waals surface area contributed by atoms with Gasteiger partial charge in [-0.2, -0.15) is 4.99 Å². The molecule has 6 nitrogen and oxygen atoms in total. The van der Waals surface area contributed by atoms with Gasteiger partial charge >= 0.3 is 0 Å². The minimum Gasteiger partial charge on any atom is -0.857 e. The van der Waals surface area contributed by atoms with Crippen LogP contribution in [0.5, 0.6) is 5.88 Å². The van der Waals surface area contributed by atoms with E-state index >= 15 is 0 Å². The van der Waals surface area contributed by atoms with Gasteiger partial charge in [0.2, 0.25) is 0 Å². The molecule has 2 aliphatic heterocycles. The van der Waals surface area contributed by atoms with E-state index in [0.717, 1.165) is 0 Å². The molecule has 0 spiro atoms. The van der Waals surface area contributed by atoms with Gasteiger partial charge in [0.25, 0.3) is 5.91 Å². The third-order valence-corrected chi connectivity index (χ3v) is 3.80. The Bertz CT molecular complexity index is 1030. The Morgan fingerprint density at radius 2 is 2.04 bits per heavy atom. The van der Waals surface area contributed by atoms with E-state index in [2.05, 4.69) is 9.98 Å². The minimum atomic E-state index is -0.275. The predicted molar refractivity (Wildman–Crippen MR) is 93.5 cm³/mol. The molecule has 2 aromatic rings. The van der Waals surface area contributed by atoms with E-state index in [9.17, 15) is 9.90 Å². The number of imidazole rings is 1. The number of allylic oxidation sites excluding steroid dienone is 6. The number of hydrogen-bond donors (Lipinski definition) is 0. The van der Waals surface area contributed by atoms with Crippen molar-refractivity contribution < 1.29 is 9.90 Å². The zero-order chi connectivity index (χ0) is 17.2. The molecule has 0 saturated carbocycles. The number of carbonyl (C=O) groups excluding carboxylic acids is 1. The molecule has 122 valence electrons. The molecule has 0 aromatic carbocycles. The molecular weight excluding hydrogens is 316 g/mol. The van der Waals surface area contributed by atoms with Gasteiger partial charge in [-0.1, -0.05) is 30.4 Å². The van der Waals surface area contributed by atoms with Crippen molar-refractivity contribution in [3.05, 3.63) is 84.5 Å². The lowest BCUT2D eigenvalue weighted by molar-refractivity contribution is -0.274. The van der Waals surface area contributed by atoms with Gasteiger partial charge in [0.1, 0.15) is 17.2 Å². The Morgan fingerprint density at radius 3 is 2.96 bits per heavy atom. The van der Waals surface area contributed by atoms with E-state index in [4.69, 9.17) is 0 Å². The number of carbonyl (C=O) groups is 1.